The number of sulfonamides is 1. The Bertz CT molecular complexity index is 1010. The third-order valence-electron chi connectivity index (χ3n) is 4.78. The van der Waals surface area contributed by atoms with Gasteiger partial charge in [-0.1, -0.05) is 30.3 Å². The summed E-state index contributed by atoms with van der Waals surface area (Å²) in [6, 6.07) is 10.5. The van der Waals surface area contributed by atoms with Crippen LogP contribution in [-0.2, 0) is 24.3 Å². The highest BCUT2D eigenvalue weighted by Crippen LogP contribution is 2.30. The lowest BCUT2D eigenvalue weighted by atomic mass is 10.1. The molecular formula is C19H22N2O5S2. The molecule has 2 aromatic rings. The molecule has 7 nitrogen and oxygen atoms in total. The van der Waals surface area contributed by atoms with Crippen molar-refractivity contribution in [3.05, 3.63) is 42.5 Å². The van der Waals surface area contributed by atoms with Gasteiger partial charge >= 0.3 is 5.97 Å². The Morgan fingerprint density at radius 2 is 1.89 bits per heavy atom. The standard InChI is InChI=1S/C19H22N2O5S2/c1-12(19(23)26-2)20-18(22)17-10-15(27)11-21(17)28(24,25)16-8-7-13-5-3-4-6-14(13)9-16/h3-9,12,15,17,27H,10-11H2,1-2H3,(H,20,22)/t12?,15-,17+/m1/s1. The summed E-state index contributed by atoms with van der Waals surface area (Å²) in [6.07, 6.45) is 0.260. The summed E-state index contributed by atoms with van der Waals surface area (Å²) >= 11 is 4.38. The summed E-state index contributed by atoms with van der Waals surface area (Å²) in [5.41, 5.74) is 0. The molecule has 150 valence electrons. The molecule has 1 aliphatic rings. The third-order valence-corrected chi connectivity index (χ3v) is 7.02. The molecule has 3 rings (SSSR count). The highest BCUT2D eigenvalue weighted by molar-refractivity contribution is 7.89. The molecule has 9 heteroatoms. The van der Waals surface area contributed by atoms with E-state index in [2.05, 4.69) is 22.7 Å². The Balaban J connectivity index is 1.89. The van der Waals surface area contributed by atoms with E-state index in [9.17, 15) is 18.0 Å². The van der Waals surface area contributed by atoms with E-state index in [0.717, 1.165) is 15.1 Å². The zero-order valence-electron chi connectivity index (χ0n) is 15.5. The molecule has 1 amide bonds. The van der Waals surface area contributed by atoms with Gasteiger partial charge in [-0.2, -0.15) is 16.9 Å². The van der Waals surface area contributed by atoms with Gasteiger partial charge in [-0.05, 0) is 36.2 Å². The summed E-state index contributed by atoms with van der Waals surface area (Å²) < 4.78 is 32.2. The summed E-state index contributed by atoms with van der Waals surface area (Å²) in [5, 5.41) is 3.97. The van der Waals surface area contributed by atoms with Crippen LogP contribution in [0.4, 0.5) is 0 Å². The van der Waals surface area contributed by atoms with Gasteiger partial charge in [0.25, 0.3) is 0 Å². The van der Waals surface area contributed by atoms with Gasteiger partial charge in [0.05, 0.1) is 12.0 Å². The lowest BCUT2D eigenvalue weighted by Crippen LogP contribution is -2.50. The second-order valence-electron chi connectivity index (χ2n) is 6.74. The van der Waals surface area contributed by atoms with Crippen LogP contribution in [0.15, 0.2) is 47.4 Å². The van der Waals surface area contributed by atoms with Crippen molar-refractivity contribution in [1.29, 1.82) is 0 Å². The molecule has 1 saturated heterocycles. The topological polar surface area (TPSA) is 92.8 Å². The summed E-state index contributed by atoms with van der Waals surface area (Å²) in [4.78, 5) is 24.3. The monoisotopic (exact) mass is 422 g/mol. The number of esters is 1. The molecule has 1 N–H and O–H groups in total. The number of nitrogens with one attached hydrogen (secondary N) is 1. The highest BCUT2D eigenvalue weighted by Gasteiger charge is 2.43. The van der Waals surface area contributed by atoms with E-state index >= 15 is 0 Å². The number of methoxy groups -OCH3 is 1. The van der Waals surface area contributed by atoms with E-state index in [-0.39, 0.29) is 23.1 Å². The van der Waals surface area contributed by atoms with Crippen LogP contribution in [0.3, 0.4) is 0 Å². The molecular weight excluding hydrogens is 400 g/mol. The van der Waals surface area contributed by atoms with Crippen LogP contribution in [0.5, 0.6) is 0 Å². The molecule has 3 atom stereocenters. The average molecular weight is 423 g/mol. The number of rotatable bonds is 5. The van der Waals surface area contributed by atoms with E-state index < -0.39 is 34.0 Å². The predicted octanol–water partition coefficient (Wildman–Crippen LogP) is 1.58. The summed E-state index contributed by atoms with van der Waals surface area (Å²) in [7, 11) is -2.69. The van der Waals surface area contributed by atoms with Crippen molar-refractivity contribution in [3.8, 4) is 0 Å². The Labute approximate surface area is 169 Å². The van der Waals surface area contributed by atoms with E-state index in [1.165, 1.54) is 20.1 Å². The minimum absolute atomic E-state index is 0.114. The van der Waals surface area contributed by atoms with Crippen LogP contribution >= 0.6 is 12.6 Å². The van der Waals surface area contributed by atoms with Gasteiger partial charge in [-0.25, -0.2) is 13.2 Å². The first kappa shape index (κ1) is 20.6. The first-order chi connectivity index (χ1) is 13.2. The van der Waals surface area contributed by atoms with Crippen molar-refractivity contribution in [3.63, 3.8) is 0 Å². The Kier molecular flexibility index (Phi) is 5.97. The molecule has 1 heterocycles. The molecule has 28 heavy (non-hydrogen) atoms. The summed E-state index contributed by atoms with van der Waals surface area (Å²) in [5.74, 6) is -1.14. The largest absolute Gasteiger partial charge is 0.467 e. The maximum Gasteiger partial charge on any atom is 0.328 e. The lowest BCUT2D eigenvalue weighted by molar-refractivity contribution is -0.144. The normalized spacial score (nSPS) is 21.4. The average Bonchev–Trinajstić information content (AvgIpc) is 3.09. The number of hydrogen-bond acceptors (Lipinski definition) is 6. The molecule has 2 aromatic carbocycles. The van der Waals surface area contributed by atoms with E-state index in [1.807, 2.05) is 24.3 Å². The van der Waals surface area contributed by atoms with Crippen molar-refractivity contribution < 1.29 is 22.7 Å². The smallest absolute Gasteiger partial charge is 0.328 e. The zero-order chi connectivity index (χ0) is 20.5. The molecule has 0 saturated carbocycles. The van der Waals surface area contributed by atoms with Crippen molar-refractivity contribution in [2.45, 2.75) is 35.6 Å². The number of hydrogen-bond donors (Lipinski definition) is 2. The van der Waals surface area contributed by atoms with Crippen molar-refractivity contribution in [2.24, 2.45) is 0 Å². The van der Waals surface area contributed by atoms with Crippen LogP contribution in [-0.4, -0.2) is 55.6 Å². The second-order valence-corrected chi connectivity index (χ2v) is 9.36. The van der Waals surface area contributed by atoms with Crippen LogP contribution < -0.4 is 5.32 Å². The molecule has 1 unspecified atom stereocenters. The molecule has 0 aliphatic carbocycles. The number of carbonyl (C=O) groups excluding carboxylic acids is 2. The van der Waals surface area contributed by atoms with Gasteiger partial charge in [0.2, 0.25) is 15.9 Å². The number of carbonyl (C=O) groups is 2. The Hall–Kier alpha value is -2.10. The van der Waals surface area contributed by atoms with Gasteiger partial charge in [-0.3, -0.25) is 4.79 Å². The van der Waals surface area contributed by atoms with Crippen molar-refractivity contribution >= 4 is 45.3 Å². The molecule has 0 radical (unpaired) electrons. The first-order valence-electron chi connectivity index (χ1n) is 8.81. The zero-order valence-corrected chi connectivity index (χ0v) is 17.2. The van der Waals surface area contributed by atoms with Gasteiger partial charge < -0.3 is 10.1 Å². The van der Waals surface area contributed by atoms with Gasteiger partial charge in [-0.15, -0.1) is 0 Å². The van der Waals surface area contributed by atoms with E-state index in [4.69, 9.17) is 0 Å². The van der Waals surface area contributed by atoms with Crippen molar-refractivity contribution in [1.82, 2.24) is 9.62 Å². The van der Waals surface area contributed by atoms with Gasteiger partial charge in [0, 0.05) is 11.8 Å². The number of fused-ring (bicyclic) bond motifs is 1. The molecule has 1 fully saturated rings. The number of nitrogens with zero attached hydrogens (tertiary/aromatic N) is 1. The molecule has 1 aliphatic heterocycles. The fourth-order valence-corrected chi connectivity index (χ4v) is 5.46. The van der Waals surface area contributed by atoms with Crippen LogP contribution in [0.2, 0.25) is 0 Å². The number of amides is 1. The van der Waals surface area contributed by atoms with Gasteiger partial charge in [0.1, 0.15) is 12.1 Å². The molecule has 0 aromatic heterocycles. The number of ether oxygens (including phenoxy) is 1. The minimum atomic E-state index is -3.91. The quantitative estimate of drug-likeness (QED) is 0.564. The lowest BCUT2D eigenvalue weighted by Gasteiger charge is -2.24. The molecule has 0 bridgehead atoms. The third kappa shape index (κ3) is 4.01. The molecule has 0 spiro atoms. The van der Waals surface area contributed by atoms with Crippen molar-refractivity contribution in [2.75, 3.05) is 13.7 Å². The van der Waals surface area contributed by atoms with Crippen LogP contribution in [0, 0.1) is 0 Å². The maximum atomic E-state index is 13.2. The highest BCUT2D eigenvalue weighted by atomic mass is 32.2. The Morgan fingerprint density at radius 1 is 1.21 bits per heavy atom. The Morgan fingerprint density at radius 3 is 2.57 bits per heavy atom. The van der Waals surface area contributed by atoms with Crippen LogP contribution in [0.25, 0.3) is 10.8 Å². The maximum absolute atomic E-state index is 13.2. The minimum Gasteiger partial charge on any atom is -0.467 e. The number of benzene rings is 2. The second kappa shape index (κ2) is 8.10. The SMILES string of the molecule is COC(=O)C(C)NC(=O)[C@@H]1C[C@@H](S)CN1S(=O)(=O)c1ccc2ccccc2c1. The summed E-state index contributed by atoms with van der Waals surface area (Å²) in [6.45, 7) is 1.60. The number of thiol groups is 1. The van der Waals surface area contributed by atoms with E-state index in [0.29, 0.717) is 0 Å². The fourth-order valence-electron chi connectivity index (χ4n) is 3.30. The van der Waals surface area contributed by atoms with Gasteiger partial charge in [0.15, 0.2) is 0 Å². The van der Waals surface area contributed by atoms with Crippen LogP contribution in [0.1, 0.15) is 13.3 Å². The van der Waals surface area contributed by atoms with E-state index in [1.54, 1.807) is 12.1 Å². The fraction of sp³-hybridized carbons (Fsp3) is 0.368. The predicted molar refractivity (Wildman–Crippen MR) is 109 cm³/mol. The first-order valence-corrected chi connectivity index (χ1v) is 10.8.